The van der Waals surface area contributed by atoms with Crippen LogP contribution >= 0.6 is 50.2 Å². The molecule has 0 aliphatic carbocycles. The van der Waals surface area contributed by atoms with Crippen molar-refractivity contribution in [2.24, 2.45) is 0 Å². The van der Waals surface area contributed by atoms with E-state index in [-0.39, 0.29) is 10.1 Å². The number of hydrogen-bond donors (Lipinski definition) is 0. The van der Waals surface area contributed by atoms with E-state index in [1.54, 1.807) is 11.0 Å². The lowest BCUT2D eigenvalue weighted by Crippen LogP contribution is -2.53. The average molecular weight is 648 g/mol. The largest absolute Gasteiger partial charge is 0.379 e. The molecule has 1 aromatic carbocycles. The maximum atomic E-state index is 14.1. The Hall–Kier alpha value is -1.12. The highest BCUT2D eigenvalue weighted by Gasteiger charge is 2.41. The van der Waals surface area contributed by atoms with Crippen LogP contribution in [0, 0.1) is 0 Å². The van der Waals surface area contributed by atoms with Crippen molar-refractivity contribution in [1.29, 1.82) is 0 Å². The molecule has 3 aromatic rings. The summed E-state index contributed by atoms with van der Waals surface area (Å²) in [5.41, 5.74) is 0.815. The number of halogens is 2. The molecule has 0 saturated carbocycles. The van der Waals surface area contributed by atoms with E-state index in [1.165, 1.54) is 21.7 Å². The van der Waals surface area contributed by atoms with Crippen molar-refractivity contribution in [3.8, 4) is 0 Å². The minimum Gasteiger partial charge on any atom is -0.379 e. The van der Waals surface area contributed by atoms with Crippen molar-refractivity contribution >= 4 is 81.5 Å². The molecule has 4 heterocycles. The van der Waals surface area contributed by atoms with Crippen molar-refractivity contribution in [3.05, 3.63) is 39.1 Å². The smallest absolute Gasteiger partial charge is 0.253 e. The third-order valence-electron chi connectivity index (χ3n) is 6.65. The zero-order valence-electron chi connectivity index (χ0n) is 20.1. The molecular weight excluding hydrogens is 620 g/mol. The number of sulfonamides is 1. The van der Waals surface area contributed by atoms with Crippen LogP contribution in [0.5, 0.6) is 0 Å². The number of carbonyl (C=O) groups is 1. The summed E-state index contributed by atoms with van der Waals surface area (Å²) < 4.78 is 36.4. The molecule has 2 aromatic heterocycles. The summed E-state index contributed by atoms with van der Waals surface area (Å²) in [6.45, 7) is 4.80. The molecule has 13 heteroatoms. The molecule has 5 rings (SSSR count). The normalized spacial score (nSPS) is 19.9. The molecule has 37 heavy (non-hydrogen) atoms. The Morgan fingerprint density at radius 3 is 2.73 bits per heavy atom. The summed E-state index contributed by atoms with van der Waals surface area (Å²) in [5, 5.41) is 0.599. The SMILES string of the molecule is O=C(C1CCCCN1S(=O)(=O)c1ccc(Cl)s1)N(CCCN1CCOCC1)c1nc2ccc(Br)cc2s1. The van der Waals surface area contributed by atoms with Gasteiger partial charge in [-0.15, -0.1) is 11.3 Å². The highest BCUT2D eigenvalue weighted by molar-refractivity contribution is 9.10. The van der Waals surface area contributed by atoms with Gasteiger partial charge >= 0.3 is 0 Å². The number of fused-ring (bicyclic) bond motifs is 1. The molecule has 0 spiro atoms. The Kier molecular flexibility index (Phi) is 8.87. The number of nitrogens with zero attached hydrogens (tertiary/aromatic N) is 4. The second kappa shape index (κ2) is 12.0. The summed E-state index contributed by atoms with van der Waals surface area (Å²) in [4.78, 5) is 22.9. The van der Waals surface area contributed by atoms with Gasteiger partial charge in [-0.1, -0.05) is 45.3 Å². The number of benzene rings is 1. The molecule has 0 bridgehead atoms. The number of morpholine rings is 1. The second-order valence-electron chi connectivity index (χ2n) is 9.09. The van der Waals surface area contributed by atoms with E-state index < -0.39 is 16.1 Å². The van der Waals surface area contributed by atoms with E-state index in [0.717, 1.165) is 71.7 Å². The van der Waals surface area contributed by atoms with Crippen molar-refractivity contribution in [1.82, 2.24) is 14.2 Å². The van der Waals surface area contributed by atoms with Gasteiger partial charge in [0.15, 0.2) is 5.13 Å². The third kappa shape index (κ3) is 6.22. The minimum absolute atomic E-state index is 0.168. The fourth-order valence-corrected chi connectivity index (χ4v) is 9.56. The number of rotatable bonds is 8. The van der Waals surface area contributed by atoms with Gasteiger partial charge in [0.05, 0.1) is 27.8 Å². The van der Waals surface area contributed by atoms with Crippen molar-refractivity contribution in [2.45, 2.75) is 35.9 Å². The van der Waals surface area contributed by atoms with E-state index in [4.69, 9.17) is 21.3 Å². The number of anilines is 1. The van der Waals surface area contributed by atoms with Crippen LogP contribution in [0.15, 0.2) is 39.0 Å². The Bertz CT molecular complexity index is 1360. The first kappa shape index (κ1) is 27.4. The Labute approximate surface area is 238 Å². The lowest BCUT2D eigenvalue weighted by Gasteiger charge is -2.36. The number of amides is 1. The average Bonchev–Trinajstić information content (AvgIpc) is 3.53. The number of thiophene rings is 1. The molecule has 8 nitrogen and oxygen atoms in total. The van der Waals surface area contributed by atoms with Crippen LogP contribution in [0.25, 0.3) is 10.2 Å². The van der Waals surface area contributed by atoms with Crippen LogP contribution < -0.4 is 4.90 Å². The number of thiazole rings is 1. The van der Waals surface area contributed by atoms with Crippen LogP contribution in [0.4, 0.5) is 5.13 Å². The summed E-state index contributed by atoms with van der Waals surface area (Å²) in [5.74, 6) is -0.217. The molecule has 1 unspecified atom stereocenters. The quantitative estimate of drug-likeness (QED) is 0.340. The van der Waals surface area contributed by atoms with Gasteiger partial charge in [-0.2, -0.15) is 4.31 Å². The molecule has 200 valence electrons. The van der Waals surface area contributed by atoms with E-state index in [0.29, 0.717) is 35.4 Å². The first-order chi connectivity index (χ1) is 17.8. The summed E-state index contributed by atoms with van der Waals surface area (Å²) in [6.07, 6.45) is 2.75. The Morgan fingerprint density at radius 2 is 1.97 bits per heavy atom. The minimum atomic E-state index is -3.84. The fourth-order valence-electron chi connectivity index (χ4n) is 4.75. The summed E-state index contributed by atoms with van der Waals surface area (Å²) >= 11 is 12.0. The monoisotopic (exact) mass is 646 g/mol. The Morgan fingerprint density at radius 1 is 1.16 bits per heavy atom. The van der Waals surface area contributed by atoms with E-state index in [2.05, 4.69) is 20.8 Å². The predicted molar refractivity (Wildman–Crippen MR) is 152 cm³/mol. The van der Waals surface area contributed by atoms with Crippen molar-refractivity contribution < 1.29 is 17.9 Å². The van der Waals surface area contributed by atoms with Crippen molar-refractivity contribution in [2.75, 3.05) is 50.8 Å². The lowest BCUT2D eigenvalue weighted by molar-refractivity contribution is -0.123. The highest BCUT2D eigenvalue weighted by atomic mass is 79.9. The molecule has 0 N–H and O–H groups in total. The highest BCUT2D eigenvalue weighted by Crippen LogP contribution is 2.35. The maximum Gasteiger partial charge on any atom is 0.253 e. The molecule has 2 aliphatic heterocycles. The lowest BCUT2D eigenvalue weighted by atomic mass is 10.0. The standard InChI is InChI=1S/C24H28BrClN4O4S3/c25-17-5-6-18-20(16-17)35-24(27-18)29(10-3-9-28-12-14-34-15-13-28)23(31)19-4-1-2-11-30(19)37(32,33)22-8-7-21(26)36-22/h5-8,16,19H,1-4,9-15H2. The van der Waals surface area contributed by atoms with Crippen LogP contribution in [-0.2, 0) is 19.6 Å². The topological polar surface area (TPSA) is 83.1 Å². The summed E-state index contributed by atoms with van der Waals surface area (Å²) in [7, 11) is -3.84. The molecule has 1 atom stereocenters. The van der Waals surface area contributed by atoms with Crippen LogP contribution in [0.1, 0.15) is 25.7 Å². The molecule has 2 aliphatic rings. The van der Waals surface area contributed by atoms with Crippen LogP contribution in [-0.4, -0.2) is 80.5 Å². The van der Waals surface area contributed by atoms with Crippen LogP contribution in [0.2, 0.25) is 4.34 Å². The van der Waals surface area contributed by atoms with Gasteiger partial charge < -0.3 is 4.74 Å². The zero-order chi connectivity index (χ0) is 26.0. The number of carbonyl (C=O) groups excluding carboxylic acids is 1. The first-order valence-electron chi connectivity index (χ1n) is 12.3. The molecule has 2 saturated heterocycles. The van der Waals surface area contributed by atoms with Gasteiger partial charge in [-0.25, -0.2) is 13.4 Å². The van der Waals surface area contributed by atoms with Crippen LogP contribution in [0.3, 0.4) is 0 Å². The van der Waals surface area contributed by atoms with Gasteiger partial charge in [-0.3, -0.25) is 14.6 Å². The van der Waals surface area contributed by atoms with E-state index in [1.807, 2.05) is 18.2 Å². The van der Waals surface area contributed by atoms with Crippen molar-refractivity contribution in [3.63, 3.8) is 0 Å². The fraction of sp³-hybridized carbons (Fsp3) is 0.500. The third-order valence-corrected chi connectivity index (χ3v) is 11.8. The first-order valence-corrected chi connectivity index (χ1v) is 16.5. The van der Waals surface area contributed by atoms with Gasteiger partial charge in [0.1, 0.15) is 10.3 Å². The number of aromatic nitrogens is 1. The molecular formula is C24H28BrClN4O4S3. The summed E-state index contributed by atoms with van der Waals surface area (Å²) in [6, 6.07) is 8.17. The molecule has 0 radical (unpaired) electrons. The van der Waals surface area contributed by atoms with Gasteiger partial charge in [-0.05, 0) is 49.6 Å². The molecule has 1 amide bonds. The Balaban J connectivity index is 1.43. The van der Waals surface area contributed by atoms with E-state index in [9.17, 15) is 13.2 Å². The maximum absolute atomic E-state index is 14.1. The predicted octanol–water partition coefficient (Wildman–Crippen LogP) is 5.07. The molecule has 2 fully saturated rings. The van der Waals surface area contributed by atoms with E-state index >= 15 is 0 Å². The second-order valence-corrected chi connectivity index (χ2v) is 14.8. The number of hydrogen-bond acceptors (Lipinski definition) is 8. The van der Waals surface area contributed by atoms with Gasteiger partial charge in [0.25, 0.3) is 10.0 Å². The van der Waals surface area contributed by atoms with Gasteiger partial charge in [0, 0.05) is 37.2 Å². The number of piperidine rings is 1. The number of ether oxygens (including phenoxy) is 1. The van der Waals surface area contributed by atoms with Gasteiger partial charge in [0.2, 0.25) is 5.91 Å². The zero-order valence-corrected chi connectivity index (χ0v) is 24.9.